The van der Waals surface area contributed by atoms with E-state index >= 15 is 0 Å². The van der Waals surface area contributed by atoms with Crippen molar-refractivity contribution in [3.05, 3.63) is 59.1 Å². The maximum absolute atomic E-state index is 6.10. The van der Waals surface area contributed by atoms with E-state index in [4.69, 9.17) is 16.3 Å². The van der Waals surface area contributed by atoms with E-state index in [0.717, 1.165) is 43.5 Å². The first-order chi connectivity index (χ1) is 11.3. The Morgan fingerprint density at radius 1 is 1.00 bits per heavy atom. The van der Waals surface area contributed by atoms with Crippen LogP contribution in [0, 0.1) is 0 Å². The van der Waals surface area contributed by atoms with Crippen LogP contribution in [0.4, 0.5) is 5.69 Å². The number of halogens is 1. The summed E-state index contributed by atoms with van der Waals surface area (Å²) in [6, 6.07) is 16.4. The van der Waals surface area contributed by atoms with E-state index in [-0.39, 0.29) is 0 Å². The van der Waals surface area contributed by atoms with Crippen LogP contribution in [0.1, 0.15) is 12.5 Å². The third-order valence-electron chi connectivity index (χ3n) is 4.21. The molecule has 3 rings (SSSR count). The molecule has 0 saturated carbocycles. The minimum Gasteiger partial charge on any atom is -0.494 e. The molecule has 3 nitrogen and oxygen atoms in total. The first-order valence-electron chi connectivity index (χ1n) is 8.20. The summed E-state index contributed by atoms with van der Waals surface area (Å²) in [7, 11) is 0. The molecule has 23 heavy (non-hydrogen) atoms. The highest BCUT2D eigenvalue weighted by Crippen LogP contribution is 2.23. The number of rotatable bonds is 5. The first kappa shape index (κ1) is 16.2. The van der Waals surface area contributed by atoms with Crippen molar-refractivity contribution in [2.24, 2.45) is 0 Å². The zero-order chi connectivity index (χ0) is 16.1. The van der Waals surface area contributed by atoms with Crippen molar-refractivity contribution in [3.63, 3.8) is 0 Å². The standard InChI is InChI=1S/C19H23ClN2O/c1-2-23-19-9-4-3-6-16(19)15-21-10-12-22(13-11-21)18-8-5-7-17(20)14-18/h3-9,14H,2,10-13,15H2,1H3. The fraction of sp³-hybridized carbons (Fsp3) is 0.368. The van der Waals surface area contributed by atoms with Gasteiger partial charge in [0.25, 0.3) is 0 Å². The third kappa shape index (κ3) is 4.18. The van der Waals surface area contributed by atoms with Gasteiger partial charge < -0.3 is 9.64 Å². The summed E-state index contributed by atoms with van der Waals surface area (Å²) >= 11 is 6.10. The van der Waals surface area contributed by atoms with Gasteiger partial charge >= 0.3 is 0 Å². The summed E-state index contributed by atoms with van der Waals surface area (Å²) in [6.07, 6.45) is 0. The van der Waals surface area contributed by atoms with Crippen molar-refractivity contribution in [3.8, 4) is 5.75 Å². The summed E-state index contributed by atoms with van der Waals surface area (Å²) < 4.78 is 5.73. The summed E-state index contributed by atoms with van der Waals surface area (Å²) in [6.45, 7) is 7.83. The van der Waals surface area contributed by atoms with Crippen molar-refractivity contribution < 1.29 is 4.74 Å². The van der Waals surface area contributed by atoms with Crippen molar-refractivity contribution in [1.29, 1.82) is 0 Å². The average molecular weight is 331 g/mol. The van der Waals surface area contributed by atoms with Crippen LogP contribution in [-0.2, 0) is 6.54 Å². The highest BCUT2D eigenvalue weighted by Gasteiger charge is 2.18. The SMILES string of the molecule is CCOc1ccccc1CN1CCN(c2cccc(Cl)c2)CC1. The Hall–Kier alpha value is -1.71. The molecule has 1 aliphatic rings. The zero-order valence-electron chi connectivity index (χ0n) is 13.5. The molecular formula is C19H23ClN2O. The summed E-state index contributed by atoms with van der Waals surface area (Å²) in [5, 5.41) is 0.801. The normalized spacial score (nSPS) is 15.7. The second kappa shape index (κ2) is 7.71. The van der Waals surface area contributed by atoms with Gasteiger partial charge in [0.05, 0.1) is 6.61 Å². The van der Waals surface area contributed by atoms with Crippen LogP contribution in [0.2, 0.25) is 5.02 Å². The van der Waals surface area contributed by atoms with Gasteiger partial charge in [0.1, 0.15) is 5.75 Å². The van der Waals surface area contributed by atoms with E-state index in [1.807, 2.05) is 31.2 Å². The lowest BCUT2D eigenvalue weighted by Gasteiger charge is -2.36. The minimum absolute atomic E-state index is 0.708. The monoisotopic (exact) mass is 330 g/mol. The first-order valence-corrected chi connectivity index (χ1v) is 8.57. The number of para-hydroxylation sites is 1. The molecule has 0 aliphatic carbocycles. The number of piperazine rings is 1. The maximum Gasteiger partial charge on any atom is 0.123 e. The molecule has 0 N–H and O–H groups in total. The zero-order valence-corrected chi connectivity index (χ0v) is 14.3. The molecule has 4 heteroatoms. The molecule has 0 amide bonds. The van der Waals surface area contributed by atoms with Gasteiger partial charge in [-0.1, -0.05) is 35.9 Å². The van der Waals surface area contributed by atoms with Crippen molar-refractivity contribution in [2.45, 2.75) is 13.5 Å². The van der Waals surface area contributed by atoms with Gasteiger partial charge in [0, 0.05) is 49.0 Å². The quantitative estimate of drug-likeness (QED) is 0.822. The molecule has 1 aliphatic heterocycles. The number of benzene rings is 2. The largest absolute Gasteiger partial charge is 0.494 e. The van der Waals surface area contributed by atoms with Crippen LogP contribution in [0.15, 0.2) is 48.5 Å². The number of hydrogen-bond acceptors (Lipinski definition) is 3. The van der Waals surface area contributed by atoms with Gasteiger partial charge in [0.15, 0.2) is 0 Å². The van der Waals surface area contributed by atoms with Crippen molar-refractivity contribution in [1.82, 2.24) is 4.90 Å². The van der Waals surface area contributed by atoms with E-state index in [1.165, 1.54) is 11.3 Å². The number of ether oxygens (including phenoxy) is 1. The fourth-order valence-corrected chi connectivity index (χ4v) is 3.19. The van der Waals surface area contributed by atoms with Crippen molar-refractivity contribution in [2.75, 3.05) is 37.7 Å². The Morgan fingerprint density at radius 3 is 2.52 bits per heavy atom. The maximum atomic E-state index is 6.10. The van der Waals surface area contributed by atoms with Crippen LogP contribution >= 0.6 is 11.6 Å². The third-order valence-corrected chi connectivity index (χ3v) is 4.45. The van der Waals surface area contributed by atoms with Gasteiger partial charge in [-0.25, -0.2) is 0 Å². The van der Waals surface area contributed by atoms with E-state index in [0.29, 0.717) is 6.61 Å². The Bertz CT molecular complexity index is 639. The fourth-order valence-electron chi connectivity index (χ4n) is 3.01. The molecule has 0 atom stereocenters. The molecule has 1 saturated heterocycles. The predicted octanol–water partition coefficient (Wildman–Crippen LogP) is 4.06. The average Bonchev–Trinajstić information content (AvgIpc) is 2.58. The summed E-state index contributed by atoms with van der Waals surface area (Å²) in [5.41, 5.74) is 2.48. The van der Waals surface area contributed by atoms with E-state index in [1.54, 1.807) is 0 Å². The molecular weight excluding hydrogens is 308 g/mol. The number of nitrogens with zero attached hydrogens (tertiary/aromatic N) is 2. The molecule has 0 spiro atoms. The Balaban J connectivity index is 1.59. The Morgan fingerprint density at radius 2 is 1.78 bits per heavy atom. The lowest BCUT2D eigenvalue weighted by molar-refractivity contribution is 0.243. The molecule has 0 aromatic heterocycles. The van der Waals surface area contributed by atoms with E-state index in [9.17, 15) is 0 Å². The highest BCUT2D eigenvalue weighted by molar-refractivity contribution is 6.30. The molecule has 1 heterocycles. The van der Waals surface area contributed by atoms with E-state index in [2.05, 4.69) is 34.1 Å². The second-order valence-electron chi connectivity index (χ2n) is 5.78. The van der Waals surface area contributed by atoms with Gasteiger partial charge in [0.2, 0.25) is 0 Å². The highest BCUT2D eigenvalue weighted by atomic mass is 35.5. The predicted molar refractivity (Wildman–Crippen MR) is 96.6 cm³/mol. The Labute approximate surface area is 143 Å². The topological polar surface area (TPSA) is 15.7 Å². The second-order valence-corrected chi connectivity index (χ2v) is 6.22. The number of anilines is 1. The molecule has 2 aromatic rings. The van der Waals surface area contributed by atoms with Crippen LogP contribution < -0.4 is 9.64 Å². The van der Waals surface area contributed by atoms with Gasteiger partial charge in [-0.2, -0.15) is 0 Å². The van der Waals surface area contributed by atoms with Gasteiger partial charge in [-0.3, -0.25) is 4.90 Å². The Kier molecular flexibility index (Phi) is 5.42. The van der Waals surface area contributed by atoms with E-state index < -0.39 is 0 Å². The van der Waals surface area contributed by atoms with Crippen molar-refractivity contribution >= 4 is 17.3 Å². The van der Waals surface area contributed by atoms with Gasteiger partial charge in [-0.05, 0) is 31.2 Å². The molecule has 1 fully saturated rings. The molecule has 0 radical (unpaired) electrons. The van der Waals surface area contributed by atoms with Crippen LogP contribution in [0.5, 0.6) is 5.75 Å². The smallest absolute Gasteiger partial charge is 0.123 e. The van der Waals surface area contributed by atoms with Crippen LogP contribution in [0.3, 0.4) is 0 Å². The minimum atomic E-state index is 0.708. The molecule has 122 valence electrons. The lowest BCUT2D eigenvalue weighted by Crippen LogP contribution is -2.46. The van der Waals surface area contributed by atoms with Gasteiger partial charge in [-0.15, -0.1) is 0 Å². The summed E-state index contributed by atoms with van der Waals surface area (Å²) in [5.74, 6) is 1.01. The molecule has 0 unspecified atom stereocenters. The molecule has 2 aromatic carbocycles. The van der Waals surface area contributed by atoms with Crippen LogP contribution in [-0.4, -0.2) is 37.7 Å². The summed E-state index contributed by atoms with van der Waals surface area (Å²) in [4.78, 5) is 4.88. The lowest BCUT2D eigenvalue weighted by atomic mass is 10.1. The number of hydrogen-bond donors (Lipinski definition) is 0. The molecule has 0 bridgehead atoms. The van der Waals surface area contributed by atoms with Crippen LogP contribution in [0.25, 0.3) is 0 Å².